The number of hydrogen-bond donors (Lipinski definition) is 2. The number of hydrogen-bond acceptors (Lipinski definition) is 3. The van der Waals surface area contributed by atoms with Crippen molar-refractivity contribution in [3.05, 3.63) is 65.2 Å². The highest BCUT2D eigenvalue weighted by Gasteiger charge is 2.10. The Bertz CT molecular complexity index is 695. The van der Waals surface area contributed by atoms with Gasteiger partial charge < -0.3 is 15.2 Å². The normalized spacial score (nSPS) is 10.2. The van der Waals surface area contributed by atoms with Gasteiger partial charge in [-0.05, 0) is 42.7 Å². The minimum Gasteiger partial charge on any atom is -0.494 e. The zero-order valence-corrected chi connectivity index (χ0v) is 13.6. The van der Waals surface area contributed by atoms with Crippen LogP contribution in [0, 0.1) is 0 Å². The van der Waals surface area contributed by atoms with E-state index in [1.165, 1.54) is 0 Å². The summed E-state index contributed by atoms with van der Waals surface area (Å²) in [7, 11) is 0. The van der Waals surface area contributed by atoms with Crippen molar-refractivity contribution in [2.45, 2.75) is 26.3 Å². The summed E-state index contributed by atoms with van der Waals surface area (Å²) in [6.45, 7) is 2.98. The predicted octanol–water partition coefficient (Wildman–Crippen LogP) is 3.03. The van der Waals surface area contributed by atoms with Crippen molar-refractivity contribution in [2.75, 3.05) is 6.61 Å². The summed E-state index contributed by atoms with van der Waals surface area (Å²) in [5.74, 6) is -0.276. The molecule has 126 valence electrons. The second-order valence-corrected chi connectivity index (χ2v) is 5.32. The quantitative estimate of drug-likeness (QED) is 0.781. The van der Waals surface area contributed by atoms with Crippen molar-refractivity contribution < 1.29 is 19.4 Å². The lowest BCUT2D eigenvalue weighted by Crippen LogP contribution is -2.23. The maximum atomic E-state index is 12.0. The van der Waals surface area contributed by atoms with Crippen molar-refractivity contribution in [1.82, 2.24) is 5.32 Å². The molecule has 0 aliphatic rings. The summed E-state index contributed by atoms with van der Waals surface area (Å²) >= 11 is 0. The fourth-order valence-corrected chi connectivity index (χ4v) is 2.35. The van der Waals surface area contributed by atoms with E-state index < -0.39 is 5.97 Å². The maximum Gasteiger partial charge on any atom is 0.335 e. The molecule has 2 aromatic carbocycles. The molecule has 2 aromatic rings. The van der Waals surface area contributed by atoms with Crippen LogP contribution in [0.4, 0.5) is 0 Å². The molecule has 0 radical (unpaired) electrons. The molecule has 0 aliphatic heterocycles. The average Bonchev–Trinajstić information content (AvgIpc) is 2.59. The van der Waals surface area contributed by atoms with Gasteiger partial charge in [0.05, 0.1) is 12.2 Å². The van der Waals surface area contributed by atoms with Gasteiger partial charge in [0.2, 0.25) is 5.91 Å². The molecule has 0 saturated carbocycles. The van der Waals surface area contributed by atoms with Gasteiger partial charge in [-0.1, -0.05) is 30.3 Å². The number of aromatic carboxylic acids is 1. The number of benzene rings is 2. The number of carboxylic acids is 1. The Morgan fingerprint density at radius 3 is 2.46 bits per heavy atom. The third-order valence-electron chi connectivity index (χ3n) is 3.59. The highest BCUT2D eigenvalue weighted by atomic mass is 16.5. The van der Waals surface area contributed by atoms with Gasteiger partial charge in [-0.3, -0.25) is 4.79 Å². The smallest absolute Gasteiger partial charge is 0.335 e. The Labute approximate surface area is 141 Å². The molecule has 0 aliphatic carbocycles. The van der Waals surface area contributed by atoms with E-state index in [-0.39, 0.29) is 17.9 Å². The molecule has 0 saturated heterocycles. The monoisotopic (exact) mass is 327 g/mol. The van der Waals surface area contributed by atoms with Gasteiger partial charge in [-0.15, -0.1) is 0 Å². The zero-order valence-electron chi connectivity index (χ0n) is 13.6. The first kappa shape index (κ1) is 17.5. The average molecular weight is 327 g/mol. The molecule has 0 atom stereocenters. The number of carboxylic acid groups (broad SMARTS) is 1. The van der Waals surface area contributed by atoms with Gasteiger partial charge in [0.1, 0.15) is 5.75 Å². The molecule has 0 fully saturated rings. The predicted molar refractivity (Wildman–Crippen MR) is 91.2 cm³/mol. The van der Waals surface area contributed by atoms with Gasteiger partial charge in [0.25, 0.3) is 0 Å². The highest BCUT2D eigenvalue weighted by molar-refractivity contribution is 5.89. The number of nitrogens with one attached hydrogen (secondary N) is 1. The summed E-state index contributed by atoms with van der Waals surface area (Å²) in [4.78, 5) is 23.1. The fourth-order valence-electron chi connectivity index (χ4n) is 2.35. The Kier molecular flexibility index (Phi) is 6.37. The Morgan fingerprint density at radius 1 is 1.08 bits per heavy atom. The number of amides is 1. The SMILES string of the molecule is CCOc1ccc(CNC(=O)CCc2ccccc2C(=O)O)cc1. The van der Waals surface area contributed by atoms with Crippen LogP contribution in [0.3, 0.4) is 0 Å². The molecule has 5 heteroatoms. The lowest BCUT2D eigenvalue weighted by atomic mass is 10.0. The van der Waals surface area contributed by atoms with Crippen LogP contribution in [-0.4, -0.2) is 23.6 Å². The van der Waals surface area contributed by atoms with E-state index in [0.29, 0.717) is 25.1 Å². The topological polar surface area (TPSA) is 75.6 Å². The summed E-state index contributed by atoms with van der Waals surface area (Å²) in [6.07, 6.45) is 0.652. The summed E-state index contributed by atoms with van der Waals surface area (Å²) in [5.41, 5.74) is 1.90. The first-order chi connectivity index (χ1) is 11.6. The number of carbonyl (C=O) groups excluding carboxylic acids is 1. The van der Waals surface area contributed by atoms with E-state index >= 15 is 0 Å². The fraction of sp³-hybridized carbons (Fsp3) is 0.263. The number of carbonyl (C=O) groups is 2. The minimum absolute atomic E-state index is 0.107. The van der Waals surface area contributed by atoms with Gasteiger partial charge in [0.15, 0.2) is 0 Å². The standard InChI is InChI=1S/C19H21NO4/c1-2-24-16-10-7-14(8-11-16)13-20-18(21)12-9-15-5-3-4-6-17(15)19(22)23/h3-8,10-11H,2,9,12-13H2,1H3,(H,20,21)(H,22,23). The summed E-state index contributed by atoms with van der Waals surface area (Å²) < 4.78 is 5.37. The van der Waals surface area contributed by atoms with E-state index in [0.717, 1.165) is 11.3 Å². The minimum atomic E-state index is -0.972. The number of aryl methyl sites for hydroxylation is 1. The number of rotatable bonds is 8. The van der Waals surface area contributed by atoms with Crippen molar-refractivity contribution >= 4 is 11.9 Å². The van der Waals surface area contributed by atoms with E-state index in [2.05, 4.69) is 5.32 Å². The number of ether oxygens (including phenoxy) is 1. The third-order valence-corrected chi connectivity index (χ3v) is 3.59. The van der Waals surface area contributed by atoms with Gasteiger partial charge in [0, 0.05) is 13.0 Å². The van der Waals surface area contributed by atoms with E-state index in [1.54, 1.807) is 24.3 Å². The van der Waals surface area contributed by atoms with Crippen LogP contribution < -0.4 is 10.1 Å². The summed E-state index contributed by atoms with van der Waals surface area (Å²) in [5, 5.41) is 12.0. The lowest BCUT2D eigenvalue weighted by molar-refractivity contribution is -0.121. The second-order valence-electron chi connectivity index (χ2n) is 5.32. The molecule has 0 unspecified atom stereocenters. The van der Waals surface area contributed by atoms with E-state index in [4.69, 9.17) is 9.84 Å². The molecular formula is C19H21NO4. The van der Waals surface area contributed by atoms with Crippen LogP contribution in [0.2, 0.25) is 0 Å². The Hall–Kier alpha value is -2.82. The zero-order chi connectivity index (χ0) is 17.4. The molecule has 5 nitrogen and oxygen atoms in total. The maximum absolute atomic E-state index is 12.0. The third kappa shape index (κ3) is 5.12. The van der Waals surface area contributed by atoms with E-state index in [9.17, 15) is 9.59 Å². The molecule has 2 rings (SSSR count). The van der Waals surface area contributed by atoms with Gasteiger partial charge in [-0.25, -0.2) is 4.79 Å². The highest BCUT2D eigenvalue weighted by Crippen LogP contribution is 2.13. The molecule has 2 N–H and O–H groups in total. The van der Waals surface area contributed by atoms with Crippen molar-refractivity contribution in [3.8, 4) is 5.75 Å². The lowest BCUT2D eigenvalue weighted by Gasteiger charge is -2.08. The molecule has 0 spiro atoms. The Morgan fingerprint density at radius 2 is 1.79 bits per heavy atom. The van der Waals surface area contributed by atoms with Crippen molar-refractivity contribution in [1.29, 1.82) is 0 Å². The van der Waals surface area contributed by atoms with Crippen LogP contribution >= 0.6 is 0 Å². The molecule has 1 amide bonds. The molecule has 0 heterocycles. The van der Waals surface area contributed by atoms with Crippen LogP contribution in [0.1, 0.15) is 34.8 Å². The van der Waals surface area contributed by atoms with Crippen LogP contribution in [-0.2, 0) is 17.8 Å². The first-order valence-corrected chi connectivity index (χ1v) is 7.89. The largest absolute Gasteiger partial charge is 0.494 e. The van der Waals surface area contributed by atoms with Crippen LogP contribution in [0.5, 0.6) is 5.75 Å². The molecule has 0 bridgehead atoms. The Balaban J connectivity index is 1.82. The second kappa shape index (κ2) is 8.72. The van der Waals surface area contributed by atoms with Crippen LogP contribution in [0.25, 0.3) is 0 Å². The van der Waals surface area contributed by atoms with Crippen LogP contribution in [0.15, 0.2) is 48.5 Å². The summed E-state index contributed by atoms with van der Waals surface area (Å²) in [6, 6.07) is 14.3. The van der Waals surface area contributed by atoms with Crippen molar-refractivity contribution in [2.24, 2.45) is 0 Å². The molecular weight excluding hydrogens is 306 g/mol. The first-order valence-electron chi connectivity index (χ1n) is 7.89. The van der Waals surface area contributed by atoms with Gasteiger partial charge in [-0.2, -0.15) is 0 Å². The van der Waals surface area contributed by atoms with Gasteiger partial charge >= 0.3 is 5.97 Å². The van der Waals surface area contributed by atoms with E-state index in [1.807, 2.05) is 31.2 Å². The van der Waals surface area contributed by atoms with Crippen molar-refractivity contribution in [3.63, 3.8) is 0 Å². The molecule has 0 aromatic heterocycles. The molecule has 24 heavy (non-hydrogen) atoms.